The summed E-state index contributed by atoms with van der Waals surface area (Å²) in [5, 5.41) is 26.3. The molecule has 6 nitrogen and oxygen atoms in total. The Balaban J connectivity index is 2.29. The van der Waals surface area contributed by atoms with Crippen LogP contribution in [0.1, 0.15) is 29.8 Å². The van der Waals surface area contributed by atoms with E-state index >= 15 is 0 Å². The first kappa shape index (κ1) is 15.5. The maximum absolute atomic E-state index is 11.3. The van der Waals surface area contributed by atoms with Gasteiger partial charge in [0.2, 0.25) is 0 Å². The van der Waals surface area contributed by atoms with E-state index in [9.17, 15) is 9.90 Å². The lowest BCUT2D eigenvalue weighted by atomic mass is 10.1. The van der Waals surface area contributed by atoms with Crippen LogP contribution in [0.5, 0.6) is 0 Å². The van der Waals surface area contributed by atoms with Crippen LogP contribution in [0.4, 0.5) is 0 Å². The second-order valence-corrected chi connectivity index (χ2v) is 5.04. The molecule has 0 unspecified atom stereocenters. The molecule has 2 rings (SSSR count). The molecule has 112 valence electrons. The molecule has 1 aromatic carbocycles. The monoisotopic (exact) mass is 309 g/mol. The van der Waals surface area contributed by atoms with E-state index in [0.29, 0.717) is 22.8 Å². The molecule has 0 amide bonds. The number of aryl methyl sites for hydroxylation is 1. The number of nitrogens with zero attached hydrogens (tertiary/aromatic N) is 3. The number of aromatic carboxylic acids is 1. The average molecular weight is 310 g/mol. The third kappa shape index (κ3) is 3.80. The number of halogens is 1. The molecular weight excluding hydrogens is 294 g/mol. The van der Waals surface area contributed by atoms with E-state index in [1.54, 1.807) is 28.9 Å². The molecule has 0 spiro atoms. The first-order chi connectivity index (χ1) is 10.1. The van der Waals surface area contributed by atoms with Gasteiger partial charge in [-0.1, -0.05) is 28.9 Å². The van der Waals surface area contributed by atoms with Gasteiger partial charge in [0.25, 0.3) is 0 Å². The Bertz CT molecular complexity index is 610. The maximum atomic E-state index is 11.3. The molecule has 2 N–H and O–H groups in total. The first-order valence-corrected chi connectivity index (χ1v) is 7.05. The van der Waals surface area contributed by atoms with Crippen molar-refractivity contribution < 1.29 is 15.0 Å². The van der Waals surface area contributed by atoms with Crippen molar-refractivity contribution in [1.29, 1.82) is 0 Å². The molecule has 0 fully saturated rings. The van der Waals surface area contributed by atoms with Gasteiger partial charge in [-0.2, -0.15) is 0 Å². The summed E-state index contributed by atoms with van der Waals surface area (Å²) < 4.78 is 1.59. The van der Waals surface area contributed by atoms with E-state index in [4.69, 9.17) is 16.7 Å². The van der Waals surface area contributed by atoms with Crippen LogP contribution in [0.25, 0.3) is 11.3 Å². The standard InChI is InChI=1S/C14H16ClN3O3/c15-11-6-4-10(5-7-11)13-12(14(20)21)16-17-18(13)8-2-1-3-9-19/h4-7,19H,1-3,8-9H2,(H,20,21). The van der Waals surface area contributed by atoms with Crippen molar-refractivity contribution >= 4 is 17.6 Å². The van der Waals surface area contributed by atoms with Gasteiger partial charge in [0.15, 0.2) is 5.69 Å². The predicted molar refractivity (Wildman–Crippen MR) is 78.4 cm³/mol. The second-order valence-electron chi connectivity index (χ2n) is 4.61. The van der Waals surface area contributed by atoms with Gasteiger partial charge in [-0.05, 0) is 31.4 Å². The van der Waals surface area contributed by atoms with Crippen LogP contribution in [-0.4, -0.2) is 37.8 Å². The lowest BCUT2D eigenvalue weighted by Crippen LogP contribution is -2.05. The molecule has 0 atom stereocenters. The van der Waals surface area contributed by atoms with Crippen molar-refractivity contribution in [2.75, 3.05) is 6.61 Å². The van der Waals surface area contributed by atoms with E-state index in [1.165, 1.54) is 0 Å². The first-order valence-electron chi connectivity index (χ1n) is 6.67. The minimum absolute atomic E-state index is 0.0699. The second kappa shape index (κ2) is 7.19. The summed E-state index contributed by atoms with van der Waals surface area (Å²) in [4.78, 5) is 11.3. The molecule has 0 saturated heterocycles. The minimum Gasteiger partial charge on any atom is -0.476 e. The summed E-state index contributed by atoms with van der Waals surface area (Å²) >= 11 is 5.86. The Kier molecular flexibility index (Phi) is 5.30. The Labute approximate surface area is 127 Å². The molecule has 0 aliphatic carbocycles. The molecule has 21 heavy (non-hydrogen) atoms. The van der Waals surface area contributed by atoms with Crippen LogP contribution in [0, 0.1) is 0 Å². The van der Waals surface area contributed by atoms with Crippen LogP contribution in [0.2, 0.25) is 5.02 Å². The molecule has 1 heterocycles. The van der Waals surface area contributed by atoms with Crippen molar-refractivity contribution in [3.05, 3.63) is 35.0 Å². The minimum atomic E-state index is -1.11. The normalized spacial score (nSPS) is 10.8. The largest absolute Gasteiger partial charge is 0.476 e. The van der Waals surface area contributed by atoms with Crippen LogP contribution in [0.15, 0.2) is 24.3 Å². The number of unbranched alkanes of at least 4 members (excludes halogenated alkanes) is 2. The molecule has 0 saturated carbocycles. The molecule has 0 bridgehead atoms. The van der Waals surface area contributed by atoms with Crippen LogP contribution in [-0.2, 0) is 6.54 Å². The molecule has 2 aromatic rings. The summed E-state index contributed by atoms with van der Waals surface area (Å²) in [5.74, 6) is -1.11. The van der Waals surface area contributed by atoms with Crippen molar-refractivity contribution in [2.45, 2.75) is 25.8 Å². The lowest BCUT2D eigenvalue weighted by Gasteiger charge is -2.07. The maximum Gasteiger partial charge on any atom is 0.358 e. The predicted octanol–water partition coefficient (Wildman–Crippen LogP) is 2.46. The van der Waals surface area contributed by atoms with E-state index in [2.05, 4.69) is 10.3 Å². The van der Waals surface area contributed by atoms with E-state index in [0.717, 1.165) is 19.3 Å². The number of benzene rings is 1. The van der Waals surface area contributed by atoms with E-state index in [1.807, 2.05) is 0 Å². The Morgan fingerprint density at radius 1 is 1.19 bits per heavy atom. The number of hydrogen-bond acceptors (Lipinski definition) is 4. The highest BCUT2D eigenvalue weighted by Gasteiger charge is 2.20. The number of carboxylic acid groups (broad SMARTS) is 1. The summed E-state index contributed by atoms with van der Waals surface area (Å²) in [5.41, 5.74) is 1.12. The number of carboxylic acids is 1. The molecular formula is C14H16ClN3O3. The summed E-state index contributed by atoms with van der Waals surface area (Å²) in [7, 11) is 0. The fraction of sp³-hybridized carbons (Fsp3) is 0.357. The topological polar surface area (TPSA) is 88.2 Å². The van der Waals surface area contributed by atoms with Gasteiger partial charge in [-0.15, -0.1) is 5.10 Å². The van der Waals surface area contributed by atoms with Gasteiger partial charge >= 0.3 is 5.97 Å². The molecule has 7 heteroatoms. The highest BCUT2D eigenvalue weighted by Crippen LogP contribution is 2.24. The summed E-state index contributed by atoms with van der Waals surface area (Å²) in [6, 6.07) is 6.90. The smallest absolute Gasteiger partial charge is 0.358 e. The van der Waals surface area contributed by atoms with E-state index in [-0.39, 0.29) is 12.3 Å². The number of hydrogen-bond donors (Lipinski definition) is 2. The zero-order chi connectivity index (χ0) is 15.2. The van der Waals surface area contributed by atoms with Gasteiger partial charge in [0.05, 0.1) is 0 Å². The zero-order valence-electron chi connectivity index (χ0n) is 11.4. The average Bonchev–Trinajstić information content (AvgIpc) is 2.88. The van der Waals surface area contributed by atoms with Gasteiger partial charge in [0.1, 0.15) is 5.69 Å². The highest BCUT2D eigenvalue weighted by atomic mass is 35.5. The summed E-state index contributed by atoms with van der Waals surface area (Å²) in [6.07, 6.45) is 2.36. The summed E-state index contributed by atoms with van der Waals surface area (Å²) in [6.45, 7) is 0.708. The van der Waals surface area contributed by atoms with Gasteiger partial charge in [-0.25, -0.2) is 9.48 Å². The third-order valence-electron chi connectivity index (χ3n) is 3.08. The van der Waals surface area contributed by atoms with Crippen molar-refractivity contribution in [1.82, 2.24) is 15.0 Å². The highest BCUT2D eigenvalue weighted by molar-refractivity contribution is 6.30. The molecule has 1 aromatic heterocycles. The fourth-order valence-corrected chi connectivity index (χ4v) is 2.18. The van der Waals surface area contributed by atoms with Crippen molar-refractivity contribution in [3.63, 3.8) is 0 Å². The van der Waals surface area contributed by atoms with Crippen molar-refractivity contribution in [3.8, 4) is 11.3 Å². The third-order valence-corrected chi connectivity index (χ3v) is 3.34. The van der Waals surface area contributed by atoms with Crippen LogP contribution in [0.3, 0.4) is 0 Å². The van der Waals surface area contributed by atoms with Gasteiger partial charge < -0.3 is 10.2 Å². The van der Waals surface area contributed by atoms with E-state index < -0.39 is 5.97 Å². The van der Waals surface area contributed by atoms with Gasteiger partial charge in [0, 0.05) is 23.7 Å². The fourth-order valence-electron chi connectivity index (χ4n) is 2.06. The molecule has 0 aliphatic rings. The number of rotatable bonds is 7. The number of aromatic nitrogens is 3. The Morgan fingerprint density at radius 3 is 2.52 bits per heavy atom. The number of aliphatic hydroxyl groups is 1. The SMILES string of the molecule is O=C(O)c1nnn(CCCCCO)c1-c1ccc(Cl)cc1. The Morgan fingerprint density at radius 2 is 1.90 bits per heavy atom. The van der Waals surface area contributed by atoms with Crippen LogP contribution >= 0.6 is 11.6 Å². The lowest BCUT2D eigenvalue weighted by molar-refractivity contribution is 0.0691. The molecule has 0 radical (unpaired) electrons. The number of carbonyl (C=O) groups is 1. The quantitative estimate of drug-likeness (QED) is 0.767. The zero-order valence-corrected chi connectivity index (χ0v) is 12.1. The van der Waals surface area contributed by atoms with Crippen molar-refractivity contribution in [2.24, 2.45) is 0 Å². The Hall–Kier alpha value is -1.92. The molecule has 0 aliphatic heterocycles. The number of aliphatic hydroxyl groups excluding tert-OH is 1. The van der Waals surface area contributed by atoms with Crippen LogP contribution < -0.4 is 0 Å². The van der Waals surface area contributed by atoms with Gasteiger partial charge in [-0.3, -0.25) is 0 Å².